The van der Waals surface area contributed by atoms with Crippen LogP contribution in [0.4, 0.5) is 4.39 Å². The van der Waals surface area contributed by atoms with Crippen LogP contribution in [-0.4, -0.2) is 36.8 Å². The molecule has 0 N–H and O–H groups in total. The van der Waals surface area contributed by atoms with Crippen LogP contribution in [0, 0.1) is 5.82 Å². The molecule has 1 aliphatic rings. The molecule has 0 unspecified atom stereocenters. The number of amides is 1. The van der Waals surface area contributed by atoms with Gasteiger partial charge in [-0.25, -0.2) is 4.39 Å². The van der Waals surface area contributed by atoms with E-state index in [1.54, 1.807) is 19.2 Å². The van der Waals surface area contributed by atoms with E-state index in [0.717, 1.165) is 17.1 Å². The zero-order chi connectivity index (χ0) is 18.5. The molecule has 7 heteroatoms. The van der Waals surface area contributed by atoms with E-state index in [2.05, 4.69) is 0 Å². The van der Waals surface area contributed by atoms with E-state index >= 15 is 0 Å². The molecule has 4 nitrogen and oxygen atoms in total. The van der Waals surface area contributed by atoms with Crippen molar-refractivity contribution in [2.75, 3.05) is 26.0 Å². The number of hydrogen-bond donors (Lipinski definition) is 0. The van der Waals surface area contributed by atoms with E-state index in [1.165, 1.54) is 22.7 Å². The van der Waals surface area contributed by atoms with Gasteiger partial charge in [-0.15, -0.1) is 11.8 Å². The predicted octanol–water partition coefficient (Wildman–Crippen LogP) is 4.39. The molecule has 0 fully saturated rings. The fourth-order valence-electron chi connectivity index (χ4n) is 2.50. The molecule has 1 heterocycles. The average molecular weight is 396 g/mol. The summed E-state index contributed by atoms with van der Waals surface area (Å²) in [7, 11) is 1.64. The van der Waals surface area contributed by atoms with E-state index in [9.17, 15) is 9.18 Å². The fourth-order valence-corrected chi connectivity index (χ4v) is 3.59. The van der Waals surface area contributed by atoms with Gasteiger partial charge in [0.25, 0.3) is 0 Å². The van der Waals surface area contributed by atoms with Crippen LogP contribution in [-0.2, 0) is 11.3 Å². The summed E-state index contributed by atoms with van der Waals surface area (Å²) in [6.07, 6.45) is 0.846. The summed E-state index contributed by atoms with van der Waals surface area (Å²) in [5, 5.41) is 0.320. The number of carbonyl (C=O) groups excluding carboxylic acids is 1. The highest BCUT2D eigenvalue weighted by Gasteiger charge is 2.16. The van der Waals surface area contributed by atoms with Gasteiger partial charge >= 0.3 is 0 Å². The molecule has 1 aliphatic heterocycles. The smallest absolute Gasteiger partial charge is 0.232 e. The third kappa shape index (κ3) is 4.62. The zero-order valence-electron chi connectivity index (χ0n) is 14.3. The van der Waals surface area contributed by atoms with Crippen LogP contribution in [0.3, 0.4) is 0 Å². The number of carbonyl (C=O) groups is 1. The van der Waals surface area contributed by atoms with E-state index in [1.807, 2.05) is 18.2 Å². The summed E-state index contributed by atoms with van der Waals surface area (Å²) >= 11 is 7.43. The highest BCUT2D eigenvalue weighted by atomic mass is 35.5. The summed E-state index contributed by atoms with van der Waals surface area (Å²) in [5.41, 5.74) is 0.325. The molecule has 1 amide bonds. The summed E-state index contributed by atoms with van der Waals surface area (Å²) in [5.74, 6) is 1.15. The highest BCUT2D eigenvalue weighted by molar-refractivity contribution is 8.00. The van der Waals surface area contributed by atoms with Crippen LogP contribution < -0.4 is 9.47 Å². The van der Waals surface area contributed by atoms with Gasteiger partial charge in [-0.1, -0.05) is 17.7 Å². The van der Waals surface area contributed by atoms with E-state index in [0.29, 0.717) is 29.5 Å². The van der Waals surface area contributed by atoms with Crippen LogP contribution in [0.1, 0.15) is 12.0 Å². The van der Waals surface area contributed by atoms with Crippen molar-refractivity contribution in [1.82, 2.24) is 4.90 Å². The summed E-state index contributed by atoms with van der Waals surface area (Å²) in [6, 6.07) is 10.1. The molecule has 0 radical (unpaired) electrons. The number of benzene rings is 2. The Hall–Kier alpha value is -1.92. The van der Waals surface area contributed by atoms with Crippen molar-refractivity contribution in [2.45, 2.75) is 17.9 Å². The van der Waals surface area contributed by atoms with Crippen molar-refractivity contribution in [1.29, 1.82) is 0 Å². The lowest BCUT2D eigenvalue weighted by Gasteiger charge is -2.18. The molecule has 0 spiro atoms. The third-order valence-electron chi connectivity index (χ3n) is 3.96. The summed E-state index contributed by atoms with van der Waals surface area (Å²) in [4.78, 5) is 14.8. The quantitative estimate of drug-likeness (QED) is 0.704. The first kappa shape index (κ1) is 18.9. The molecule has 3 rings (SSSR count). The van der Waals surface area contributed by atoms with Gasteiger partial charge in [-0.05, 0) is 30.3 Å². The van der Waals surface area contributed by atoms with Crippen molar-refractivity contribution in [3.8, 4) is 11.5 Å². The number of halogens is 2. The van der Waals surface area contributed by atoms with Crippen molar-refractivity contribution in [2.24, 2.45) is 0 Å². The first-order valence-corrected chi connectivity index (χ1v) is 9.60. The van der Waals surface area contributed by atoms with Crippen LogP contribution in [0.2, 0.25) is 5.02 Å². The van der Waals surface area contributed by atoms with Gasteiger partial charge in [-0.2, -0.15) is 0 Å². The number of nitrogens with zero attached hydrogens (tertiary/aromatic N) is 1. The number of fused-ring (bicyclic) bond motifs is 1. The molecule has 0 aliphatic carbocycles. The van der Waals surface area contributed by atoms with Crippen LogP contribution >= 0.6 is 23.4 Å². The Morgan fingerprint density at radius 2 is 2.00 bits per heavy atom. The average Bonchev–Trinajstić information content (AvgIpc) is 2.87. The van der Waals surface area contributed by atoms with Gasteiger partial charge in [0, 0.05) is 35.5 Å². The summed E-state index contributed by atoms with van der Waals surface area (Å²) in [6.45, 7) is 1.39. The van der Waals surface area contributed by atoms with E-state index in [-0.39, 0.29) is 18.2 Å². The minimum Gasteiger partial charge on any atom is -0.490 e. The maximum absolute atomic E-state index is 13.9. The second-order valence-corrected chi connectivity index (χ2v) is 7.35. The lowest BCUT2D eigenvalue weighted by molar-refractivity contribution is -0.127. The topological polar surface area (TPSA) is 38.8 Å². The maximum atomic E-state index is 13.9. The molecule has 0 aromatic heterocycles. The Kier molecular flexibility index (Phi) is 6.27. The van der Waals surface area contributed by atoms with Gasteiger partial charge in [-0.3, -0.25) is 4.79 Å². The lowest BCUT2D eigenvalue weighted by atomic mass is 10.2. The normalized spacial score (nSPS) is 13.2. The third-order valence-corrected chi connectivity index (χ3v) is 5.30. The molecule has 2 aromatic rings. The Morgan fingerprint density at radius 3 is 2.77 bits per heavy atom. The number of hydrogen-bond acceptors (Lipinski definition) is 4. The Labute approximate surface area is 161 Å². The van der Waals surface area contributed by atoms with Gasteiger partial charge < -0.3 is 14.4 Å². The van der Waals surface area contributed by atoms with Crippen molar-refractivity contribution in [3.63, 3.8) is 0 Å². The predicted molar refractivity (Wildman–Crippen MR) is 101 cm³/mol. The first-order chi connectivity index (χ1) is 12.5. The van der Waals surface area contributed by atoms with Crippen LogP contribution in [0.25, 0.3) is 0 Å². The van der Waals surface area contributed by atoms with Gasteiger partial charge in [0.05, 0.1) is 19.0 Å². The molecule has 0 bridgehead atoms. The molecular formula is C19H19ClFNO3S. The minimum absolute atomic E-state index is 0.110. The highest BCUT2D eigenvalue weighted by Crippen LogP contribution is 2.34. The van der Waals surface area contributed by atoms with Crippen LogP contribution in [0.15, 0.2) is 41.3 Å². The molecular weight excluding hydrogens is 377 g/mol. The lowest BCUT2D eigenvalue weighted by Crippen LogP contribution is -2.28. The van der Waals surface area contributed by atoms with E-state index in [4.69, 9.17) is 21.1 Å². The Morgan fingerprint density at radius 1 is 1.23 bits per heavy atom. The molecule has 138 valence electrons. The second-order valence-electron chi connectivity index (χ2n) is 5.90. The van der Waals surface area contributed by atoms with Crippen molar-refractivity contribution in [3.05, 3.63) is 52.8 Å². The zero-order valence-corrected chi connectivity index (χ0v) is 15.9. The molecule has 0 saturated heterocycles. The van der Waals surface area contributed by atoms with Crippen molar-refractivity contribution >= 4 is 29.3 Å². The number of ether oxygens (including phenoxy) is 2. The van der Waals surface area contributed by atoms with Gasteiger partial charge in [0.2, 0.25) is 5.91 Å². The standard InChI is InChI=1S/C19H19ClFNO3S/c1-22(11-14-15(20)4-2-5-16(14)21)19(23)12-26-13-6-7-17-18(10-13)25-9-3-8-24-17/h2,4-7,10H,3,8-9,11-12H2,1H3. The first-order valence-electron chi connectivity index (χ1n) is 8.24. The molecule has 2 aromatic carbocycles. The Bertz CT molecular complexity index is 782. The second kappa shape index (κ2) is 8.64. The van der Waals surface area contributed by atoms with Crippen molar-refractivity contribution < 1.29 is 18.7 Å². The summed E-state index contributed by atoms with van der Waals surface area (Å²) < 4.78 is 25.1. The van der Waals surface area contributed by atoms with Gasteiger partial charge in [0.1, 0.15) is 5.82 Å². The monoisotopic (exact) mass is 395 g/mol. The molecule has 0 saturated carbocycles. The van der Waals surface area contributed by atoms with Gasteiger partial charge in [0.15, 0.2) is 11.5 Å². The molecule has 0 atom stereocenters. The van der Waals surface area contributed by atoms with Crippen LogP contribution in [0.5, 0.6) is 11.5 Å². The largest absolute Gasteiger partial charge is 0.490 e. The van der Waals surface area contributed by atoms with E-state index < -0.39 is 5.82 Å². The maximum Gasteiger partial charge on any atom is 0.232 e. The number of rotatable bonds is 5. The fraction of sp³-hybridized carbons (Fsp3) is 0.316. The SMILES string of the molecule is CN(Cc1c(F)cccc1Cl)C(=O)CSc1ccc2c(c1)OCCCO2. The minimum atomic E-state index is -0.410. The number of thioether (sulfide) groups is 1. The Balaban J connectivity index is 1.59. The molecule has 26 heavy (non-hydrogen) atoms.